The highest BCUT2D eigenvalue weighted by Gasteiger charge is 2.29. The van der Waals surface area contributed by atoms with Gasteiger partial charge in [-0.3, -0.25) is 15.1 Å². The van der Waals surface area contributed by atoms with E-state index in [9.17, 15) is 10.1 Å². The molecular formula is C24H25N4O2+. The van der Waals surface area contributed by atoms with Gasteiger partial charge in [0.25, 0.3) is 5.69 Å². The molecule has 1 saturated heterocycles. The maximum absolute atomic E-state index is 11.2. The summed E-state index contributed by atoms with van der Waals surface area (Å²) in [4.78, 5) is 12.3. The standard InChI is InChI=1S/C24H24N4O2/c29-28(30)23-14-8-7-13-22(23)19-25-27-17-15-26(16-18-27)24(20-9-3-1-4-10-20)21-11-5-2-6-12-21/h1-14,19,24H,15-18H2/p+1/b25-19-. The Hall–Kier alpha value is -3.51. The smallest absolute Gasteiger partial charge is 0.278 e. The third-order valence-electron chi connectivity index (χ3n) is 5.55. The zero-order chi connectivity index (χ0) is 20.8. The van der Waals surface area contributed by atoms with Crippen LogP contribution in [0.2, 0.25) is 0 Å². The minimum Gasteiger partial charge on any atom is -0.322 e. The monoisotopic (exact) mass is 401 g/mol. The van der Waals surface area contributed by atoms with Crippen molar-refractivity contribution in [2.75, 3.05) is 26.2 Å². The number of rotatable bonds is 6. The number of nitro benzene ring substituents is 1. The lowest BCUT2D eigenvalue weighted by Crippen LogP contribution is -3.15. The maximum Gasteiger partial charge on any atom is 0.278 e. The van der Waals surface area contributed by atoms with Crippen LogP contribution in [0.15, 0.2) is 90.0 Å². The Labute approximate surface area is 176 Å². The van der Waals surface area contributed by atoms with Gasteiger partial charge in [-0.25, -0.2) is 0 Å². The first-order valence-electron chi connectivity index (χ1n) is 10.2. The molecule has 0 aliphatic carbocycles. The van der Waals surface area contributed by atoms with Gasteiger partial charge in [-0.15, -0.1) is 0 Å². The number of hydrogen-bond acceptors (Lipinski definition) is 4. The molecule has 152 valence electrons. The molecule has 30 heavy (non-hydrogen) atoms. The van der Waals surface area contributed by atoms with Crippen molar-refractivity contribution >= 4 is 11.9 Å². The quantitative estimate of drug-likeness (QED) is 0.392. The van der Waals surface area contributed by atoms with Gasteiger partial charge in [0, 0.05) is 17.2 Å². The van der Waals surface area contributed by atoms with Crippen LogP contribution in [0, 0.1) is 10.1 Å². The van der Waals surface area contributed by atoms with Crippen molar-refractivity contribution in [3.63, 3.8) is 0 Å². The number of piperazine rings is 1. The molecule has 6 heteroatoms. The van der Waals surface area contributed by atoms with E-state index >= 15 is 0 Å². The molecule has 0 aromatic heterocycles. The van der Waals surface area contributed by atoms with E-state index in [0.29, 0.717) is 5.56 Å². The van der Waals surface area contributed by atoms with E-state index in [1.54, 1.807) is 24.4 Å². The van der Waals surface area contributed by atoms with Crippen LogP contribution in [0.4, 0.5) is 5.69 Å². The second kappa shape index (κ2) is 9.33. The summed E-state index contributed by atoms with van der Waals surface area (Å²) in [5.41, 5.74) is 3.24. The van der Waals surface area contributed by atoms with E-state index in [1.807, 2.05) is 5.01 Å². The molecule has 0 saturated carbocycles. The molecule has 0 amide bonds. The summed E-state index contributed by atoms with van der Waals surface area (Å²) in [6.07, 6.45) is 1.61. The zero-order valence-corrected chi connectivity index (χ0v) is 16.7. The zero-order valence-electron chi connectivity index (χ0n) is 16.7. The number of hydrazone groups is 1. The minimum absolute atomic E-state index is 0.0822. The Morgan fingerprint density at radius 1 is 0.867 bits per heavy atom. The molecule has 1 fully saturated rings. The summed E-state index contributed by atoms with van der Waals surface area (Å²) in [6.45, 7) is 3.51. The van der Waals surface area contributed by atoms with E-state index in [4.69, 9.17) is 0 Å². The van der Waals surface area contributed by atoms with Crippen molar-refractivity contribution in [1.82, 2.24) is 5.01 Å². The summed E-state index contributed by atoms with van der Waals surface area (Å²) in [6, 6.07) is 28.3. The largest absolute Gasteiger partial charge is 0.322 e. The molecule has 1 heterocycles. The van der Waals surface area contributed by atoms with Gasteiger partial charge in [-0.2, -0.15) is 5.10 Å². The molecule has 0 radical (unpaired) electrons. The first-order chi connectivity index (χ1) is 14.7. The van der Waals surface area contributed by atoms with Crippen LogP contribution < -0.4 is 4.90 Å². The third-order valence-corrected chi connectivity index (χ3v) is 5.55. The molecule has 1 aliphatic heterocycles. The molecule has 3 aromatic carbocycles. The highest BCUT2D eigenvalue weighted by molar-refractivity contribution is 5.84. The van der Waals surface area contributed by atoms with Gasteiger partial charge in [0.1, 0.15) is 6.04 Å². The predicted octanol–water partition coefficient (Wildman–Crippen LogP) is 2.92. The van der Waals surface area contributed by atoms with Crippen LogP contribution in [0.25, 0.3) is 0 Å². The van der Waals surface area contributed by atoms with Gasteiger partial charge in [-0.05, 0) is 6.07 Å². The average Bonchev–Trinajstić information content (AvgIpc) is 2.80. The van der Waals surface area contributed by atoms with Gasteiger partial charge in [0.15, 0.2) is 0 Å². The number of quaternary nitrogens is 1. The highest BCUT2D eigenvalue weighted by Crippen LogP contribution is 2.19. The van der Waals surface area contributed by atoms with Crippen LogP contribution >= 0.6 is 0 Å². The van der Waals surface area contributed by atoms with Gasteiger partial charge < -0.3 is 4.90 Å². The van der Waals surface area contributed by atoms with Crippen LogP contribution in [-0.4, -0.2) is 42.3 Å². The lowest BCUT2D eigenvalue weighted by Gasteiger charge is -2.35. The lowest BCUT2D eigenvalue weighted by molar-refractivity contribution is -0.929. The number of hydrogen-bond donors (Lipinski definition) is 1. The Morgan fingerprint density at radius 2 is 1.40 bits per heavy atom. The summed E-state index contributed by atoms with van der Waals surface area (Å²) in [5, 5.41) is 17.7. The van der Waals surface area contributed by atoms with E-state index in [1.165, 1.54) is 22.1 Å². The Bertz CT molecular complexity index is 960. The van der Waals surface area contributed by atoms with E-state index < -0.39 is 0 Å². The molecule has 3 aromatic rings. The van der Waals surface area contributed by atoms with E-state index in [-0.39, 0.29) is 16.7 Å². The molecule has 1 N–H and O–H groups in total. The number of nitrogens with one attached hydrogen (secondary N) is 1. The molecule has 0 spiro atoms. The maximum atomic E-state index is 11.2. The second-order valence-electron chi connectivity index (χ2n) is 7.43. The van der Waals surface area contributed by atoms with Crippen molar-refractivity contribution in [2.24, 2.45) is 5.10 Å². The van der Waals surface area contributed by atoms with Crippen LogP contribution in [-0.2, 0) is 0 Å². The Kier molecular flexibility index (Phi) is 6.15. The predicted molar refractivity (Wildman–Crippen MR) is 118 cm³/mol. The van der Waals surface area contributed by atoms with Crippen LogP contribution in [0.1, 0.15) is 22.7 Å². The molecular weight excluding hydrogens is 376 g/mol. The van der Waals surface area contributed by atoms with Crippen LogP contribution in [0.5, 0.6) is 0 Å². The van der Waals surface area contributed by atoms with Crippen molar-refractivity contribution in [3.8, 4) is 0 Å². The van der Waals surface area contributed by atoms with Gasteiger partial charge in [-0.1, -0.05) is 72.8 Å². The third kappa shape index (κ3) is 4.55. The minimum atomic E-state index is -0.367. The molecule has 4 rings (SSSR count). The number of nitro groups is 1. The topological polar surface area (TPSA) is 63.2 Å². The Balaban J connectivity index is 1.47. The summed E-state index contributed by atoms with van der Waals surface area (Å²) < 4.78 is 0. The number of nitrogens with zero attached hydrogens (tertiary/aromatic N) is 3. The summed E-state index contributed by atoms with van der Waals surface area (Å²) >= 11 is 0. The second-order valence-corrected chi connectivity index (χ2v) is 7.43. The van der Waals surface area contributed by atoms with Crippen molar-refractivity contribution in [2.45, 2.75) is 6.04 Å². The average molecular weight is 401 g/mol. The van der Waals surface area contributed by atoms with Gasteiger partial charge >= 0.3 is 0 Å². The molecule has 0 unspecified atom stereocenters. The Morgan fingerprint density at radius 3 is 1.97 bits per heavy atom. The summed E-state index contributed by atoms with van der Waals surface area (Å²) in [7, 11) is 0. The summed E-state index contributed by atoms with van der Waals surface area (Å²) in [5.74, 6) is 0. The molecule has 0 bridgehead atoms. The molecule has 0 atom stereocenters. The first-order valence-corrected chi connectivity index (χ1v) is 10.2. The van der Waals surface area contributed by atoms with Gasteiger partial charge in [0.2, 0.25) is 0 Å². The van der Waals surface area contributed by atoms with Gasteiger partial charge in [0.05, 0.1) is 42.9 Å². The fourth-order valence-electron chi connectivity index (χ4n) is 4.05. The lowest BCUT2D eigenvalue weighted by atomic mass is 9.96. The van der Waals surface area contributed by atoms with Crippen molar-refractivity contribution in [3.05, 3.63) is 112 Å². The van der Waals surface area contributed by atoms with Crippen molar-refractivity contribution in [1.29, 1.82) is 0 Å². The fourth-order valence-corrected chi connectivity index (χ4v) is 4.05. The van der Waals surface area contributed by atoms with E-state index in [2.05, 4.69) is 65.8 Å². The number of benzene rings is 3. The van der Waals surface area contributed by atoms with Crippen LogP contribution in [0.3, 0.4) is 0 Å². The fraction of sp³-hybridized carbons (Fsp3) is 0.208. The molecule has 6 nitrogen and oxygen atoms in total. The number of para-hydroxylation sites is 1. The normalized spacial score (nSPS) is 15.0. The highest BCUT2D eigenvalue weighted by atomic mass is 16.6. The molecule has 1 aliphatic rings. The first kappa shape index (κ1) is 19.8. The van der Waals surface area contributed by atoms with E-state index in [0.717, 1.165) is 26.2 Å². The SMILES string of the molecule is O=[N+]([O-])c1ccccc1/C=N\N1CC[NH+](C(c2ccccc2)c2ccccc2)CC1. The van der Waals surface area contributed by atoms with Crippen molar-refractivity contribution < 1.29 is 9.82 Å².